The topological polar surface area (TPSA) is 82.4 Å². The van der Waals surface area contributed by atoms with Gasteiger partial charge in [0.2, 0.25) is 0 Å². The lowest BCUT2D eigenvalue weighted by molar-refractivity contribution is -0.0806. The summed E-state index contributed by atoms with van der Waals surface area (Å²) < 4.78 is 42.1. The Hall–Kier alpha value is -3.07. The first-order valence-corrected chi connectivity index (χ1v) is 19.6. The molecule has 4 aromatic rings. The second-order valence-electron chi connectivity index (χ2n) is 13.0. The third-order valence-electron chi connectivity index (χ3n) is 8.95. The number of methoxy groups -OCH3 is 2. The minimum absolute atomic E-state index is 0.164. The summed E-state index contributed by atoms with van der Waals surface area (Å²) >= 11 is 2.34. The first-order valence-electron chi connectivity index (χ1n) is 17.3. The average molecular weight is 823 g/mol. The van der Waals surface area contributed by atoms with Crippen LogP contribution < -0.4 is 9.47 Å². The summed E-state index contributed by atoms with van der Waals surface area (Å²) in [7, 11) is 1.82. The molecular weight excluding hydrogens is 774 g/mol. The highest BCUT2D eigenvalue weighted by atomic mass is 127. The molecule has 1 aliphatic rings. The van der Waals surface area contributed by atoms with Crippen LogP contribution in [-0.4, -0.2) is 56.4 Å². The van der Waals surface area contributed by atoms with E-state index in [1.807, 2.05) is 42.5 Å². The fourth-order valence-electron chi connectivity index (χ4n) is 6.59. The van der Waals surface area contributed by atoms with Gasteiger partial charge < -0.3 is 28.0 Å². The molecule has 10 heteroatoms. The lowest BCUT2D eigenvalue weighted by Gasteiger charge is -2.39. The van der Waals surface area contributed by atoms with E-state index in [4.69, 9.17) is 28.0 Å². The summed E-state index contributed by atoms with van der Waals surface area (Å²) in [5, 5.41) is 9.30. The molecule has 0 amide bonds. The molecule has 0 aromatic heterocycles. The Morgan fingerprint density at radius 1 is 0.843 bits per heavy atom. The first-order chi connectivity index (χ1) is 24.7. The van der Waals surface area contributed by atoms with E-state index in [-0.39, 0.29) is 37.3 Å². The molecule has 0 aliphatic carbocycles. The summed E-state index contributed by atoms with van der Waals surface area (Å²) in [6.07, 6.45) is -0.0653. The quantitative estimate of drug-likeness (QED) is 0.0451. The number of halogens is 1. The SMILES string of the molecule is COc1ccc(C(OC[C@H]2O[C@@H](c3cccc(I)c3)C[C@@H]2OP(OCCC#N)N(C(C)C)C(C)C)(c2ccccc2)c2ccc(OC)cc2)cc1. The molecule has 4 atom stereocenters. The van der Waals surface area contributed by atoms with E-state index in [0.29, 0.717) is 13.0 Å². The van der Waals surface area contributed by atoms with Crippen LogP contribution >= 0.6 is 31.1 Å². The largest absolute Gasteiger partial charge is 0.497 e. The van der Waals surface area contributed by atoms with Crippen molar-refractivity contribution in [2.24, 2.45) is 0 Å². The minimum Gasteiger partial charge on any atom is -0.497 e. The maximum absolute atomic E-state index is 9.30. The van der Waals surface area contributed by atoms with Gasteiger partial charge >= 0.3 is 0 Å². The van der Waals surface area contributed by atoms with Crippen LogP contribution in [0.5, 0.6) is 11.5 Å². The van der Waals surface area contributed by atoms with Crippen molar-refractivity contribution in [3.63, 3.8) is 0 Å². The highest BCUT2D eigenvalue weighted by molar-refractivity contribution is 14.1. The Kier molecular flexibility index (Phi) is 14.3. The van der Waals surface area contributed by atoms with Gasteiger partial charge in [0.05, 0.1) is 52.1 Å². The number of benzene rings is 4. The summed E-state index contributed by atoms with van der Waals surface area (Å²) in [4.78, 5) is 0. The third kappa shape index (κ3) is 9.49. The predicted molar refractivity (Wildman–Crippen MR) is 210 cm³/mol. The summed E-state index contributed by atoms with van der Waals surface area (Å²) in [6.45, 7) is 9.09. The van der Waals surface area contributed by atoms with Gasteiger partial charge in [-0.25, -0.2) is 4.67 Å². The smallest absolute Gasteiger partial charge is 0.259 e. The first kappa shape index (κ1) is 39.1. The molecule has 0 spiro atoms. The molecule has 4 aromatic carbocycles. The molecule has 1 saturated heterocycles. The van der Waals surface area contributed by atoms with Gasteiger partial charge in [-0.2, -0.15) is 5.26 Å². The molecule has 5 rings (SSSR count). The molecule has 0 bridgehead atoms. The van der Waals surface area contributed by atoms with Crippen molar-refractivity contribution in [1.29, 1.82) is 5.26 Å². The summed E-state index contributed by atoms with van der Waals surface area (Å²) in [6, 6.07) is 37.3. The summed E-state index contributed by atoms with van der Waals surface area (Å²) in [5.74, 6) is 1.51. The van der Waals surface area contributed by atoms with E-state index in [1.165, 1.54) is 0 Å². The van der Waals surface area contributed by atoms with Crippen LogP contribution in [0.2, 0.25) is 0 Å². The fourth-order valence-corrected chi connectivity index (χ4v) is 8.91. The zero-order chi connectivity index (χ0) is 36.4. The van der Waals surface area contributed by atoms with Crippen molar-refractivity contribution in [2.45, 2.75) is 76.5 Å². The third-order valence-corrected chi connectivity index (χ3v) is 11.8. The van der Waals surface area contributed by atoms with Gasteiger partial charge in [-0.05, 0) is 109 Å². The Labute approximate surface area is 318 Å². The van der Waals surface area contributed by atoms with Crippen molar-refractivity contribution in [3.05, 3.63) is 129 Å². The molecule has 0 radical (unpaired) electrons. The Morgan fingerprint density at radius 2 is 1.43 bits per heavy atom. The molecule has 1 fully saturated rings. The van der Waals surface area contributed by atoms with Crippen molar-refractivity contribution in [1.82, 2.24) is 4.67 Å². The molecule has 1 aliphatic heterocycles. The van der Waals surface area contributed by atoms with E-state index in [9.17, 15) is 5.26 Å². The maximum Gasteiger partial charge on any atom is 0.259 e. The van der Waals surface area contributed by atoms with Crippen LogP contribution in [0.25, 0.3) is 0 Å². The van der Waals surface area contributed by atoms with Gasteiger partial charge in [0.15, 0.2) is 0 Å². The highest BCUT2D eigenvalue weighted by Crippen LogP contribution is 2.51. The molecule has 0 N–H and O–H groups in total. The summed E-state index contributed by atoms with van der Waals surface area (Å²) in [5.41, 5.74) is 2.94. The number of nitriles is 1. The molecule has 0 saturated carbocycles. The molecule has 51 heavy (non-hydrogen) atoms. The van der Waals surface area contributed by atoms with E-state index in [2.05, 4.69) is 122 Å². The van der Waals surface area contributed by atoms with Gasteiger partial charge in [0.25, 0.3) is 8.53 Å². The minimum atomic E-state index is -1.51. The molecular formula is C41H48IN2O6P. The van der Waals surface area contributed by atoms with Gasteiger partial charge in [-0.3, -0.25) is 0 Å². The van der Waals surface area contributed by atoms with Crippen molar-refractivity contribution in [2.75, 3.05) is 27.4 Å². The van der Waals surface area contributed by atoms with Crippen molar-refractivity contribution < 1.29 is 28.0 Å². The van der Waals surface area contributed by atoms with Gasteiger partial charge in [-0.15, -0.1) is 0 Å². The molecule has 1 unspecified atom stereocenters. The Morgan fingerprint density at radius 3 is 1.96 bits per heavy atom. The van der Waals surface area contributed by atoms with Crippen LogP contribution in [0.15, 0.2) is 103 Å². The standard InChI is InChI=1S/C41H48IN2O6P/c1-29(2)44(30(3)4)51(48-25-11-24-43)50-39-27-38(31-12-10-15-35(42)26-31)49-40(39)28-47-41(32-13-8-7-9-14-32,33-16-20-36(45-5)21-17-33)34-18-22-37(46-6)23-19-34/h7-10,12-23,26,29-30,38-40H,11,25,27-28H2,1-6H3/t38-,39+,40-,51?/m1/s1. The molecule has 8 nitrogen and oxygen atoms in total. The molecule has 270 valence electrons. The van der Waals surface area contributed by atoms with E-state index < -0.39 is 20.2 Å². The van der Waals surface area contributed by atoms with E-state index >= 15 is 0 Å². The van der Waals surface area contributed by atoms with Gasteiger partial charge in [-0.1, -0.05) is 66.7 Å². The average Bonchev–Trinajstić information content (AvgIpc) is 3.55. The molecule has 1 heterocycles. The number of ether oxygens (including phenoxy) is 4. The van der Waals surface area contributed by atoms with E-state index in [0.717, 1.165) is 37.3 Å². The second-order valence-corrected chi connectivity index (χ2v) is 15.6. The number of nitrogens with zero attached hydrogens (tertiary/aromatic N) is 2. The lowest BCUT2D eigenvalue weighted by atomic mass is 9.80. The normalized spacial score (nSPS) is 18.3. The van der Waals surface area contributed by atoms with Crippen LogP contribution in [-0.2, 0) is 24.1 Å². The number of hydrogen-bond donors (Lipinski definition) is 0. The van der Waals surface area contributed by atoms with E-state index in [1.54, 1.807) is 14.2 Å². The zero-order valence-electron chi connectivity index (χ0n) is 30.2. The van der Waals surface area contributed by atoms with Crippen LogP contribution in [0.3, 0.4) is 0 Å². The Balaban J connectivity index is 1.57. The monoisotopic (exact) mass is 822 g/mol. The van der Waals surface area contributed by atoms with Crippen LogP contribution in [0.1, 0.15) is 68.9 Å². The zero-order valence-corrected chi connectivity index (χ0v) is 33.3. The lowest BCUT2D eigenvalue weighted by Crippen LogP contribution is -2.39. The number of rotatable bonds is 17. The Bertz CT molecular complexity index is 1640. The highest BCUT2D eigenvalue weighted by Gasteiger charge is 2.44. The van der Waals surface area contributed by atoms with Gasteiger partial charge in [0, 0.05) is 22.1 Å². The fraction of sp³-hybridized carbons (Fsp3) is 0.390. The predicted octanol–water partition coefficient (Wildman–Crippen LogP) is 9.81. The van der Waals surface area contributed by atoms with Crippen LogP contribution in [0.4, 0.5) is 0 Å². The second kappa shape index (κ2) is 18.6. The van der Waals surface area contributed by atoms with Crippen molar-refractivity contribution >= 4 is 31.1 Å². The number of hydrogen-bond acceptors (Lipinski definition) is 8. The maximum atomic E-state index is 9.30. The van der Waals surface area contributed by atoms with Crippen molar-refractivity contribution in [3.8, 4) is 17.6 Å². The van der Waals surface area contributed by atoms with Gasteiger partial charge in [0.1, 0.15) is 23.2 Å². The van der Waals surface area contributed by atoms with Crippen LogP contribution in [0, 0.1) is 14.9 Å².